The lowest BCUT2D eigenvalue weighted by atomic mass is 10.0. The number of carbonyl (C=O) groups is 13. The normalized spacial score (nSPS) is 18.3. The van der Waals surface area contributed by atoms with Gasteiger partial charge in [-0.15, -0.1) is 0 Å². The minimum absolute atomic E-state index is 0.00980. The van der Waals surface area contributed by atoms with E-state index >= 15 is 0 Å². The largest absolute Gasteiger partial charge is 0.394 e. The van der Waals surface area contributed by atoms with E-state index in [9.17, 15) is 67.4 Å². The second-order valence-corrected chi connectivity index (χ2v) is 25.8. The molecule has 3 aliphatic heterocycles. The van der Waals surface area contributed by atoms with Crippen molar-refractivity contribution in [1.29, 1.82) is 0 Å². The van der Waals surface area contributed by atoms with Crippen LogP contribution in [0.3, 0.4) is 0 Å². The fourth-order valence-corrected chi connectivity index (χ4v) is 12.1. The highest BCUT2D eigenvalue weighted by atomic mass is 32.2. The standard InChI is InChI=1S/C60H103N23O14S/c1-33(2)27-40(78-51(90)37(12-6-21-70-59(65)66)75-56(95)45-16-10-25-83(45)57(96)38(13-7-22-71-60(67)68)76-49(88)35(62)17-18-46(63)85)52(91)80-42(31-84)54(93)79-41(28-34-29-69-32-73-34)53(92)74-36(11-4-5-20-61)50(89)72-30-47(86)81-23-9-15-44(81)55(94)77-39(19-26-98-3)58(97)82-24-8-14-43(82)48(64)87/h29,32-33,35-45,84H,4-28,30-31,61-62H2,1-3H3,(H2,63,85)(H2,64,87)(H,69,73)(H,72,89)(H,74,92)(H,75,95)(H,76,88)(H,77,94)(H,78,90)(H,79,93)(H,80,91)(H4,65,66,70)(H4,67,68,71)/t35-,36-,37-,38-,39-,40-,41-,42-,43-,44-,45-/m0/s1. The number of nitrogens with one attached hydrogen (secondary N) is 9. The van der Waals surface area contributed by atoms with Gasteiger partial charge in [0.05, 0.1) is 25.5 Å². The lowest BCUT2D eigenvalue weighted by Gasteiger charge is -2.31. The van der Waals surface area contributed by atoms with Gasteiger partial charge in [-0.1, -0.05) is 13.8 Å². The third-order valence-corrected chi connectivity index (χ3v) is 17.4. The van der Waals surface area contributed by atoms with Crippen LogP contribution in [0.1, 0.15) is 129 Å². The number of H-pyrrole nitrogens is 1. The van der Waals surface area contributed by atoms with Gasteiger partial charge in [0.1, 0.15) is 60.4 Å². The molecule has 1 aromatic heterocycles. The van der Waals surface area contributed by atoms with Crippen LogP contribution in [0.15, 0.2) is 22.5 Å². The first-order valence-corrected chi connectivity index (χ1v) is 34.5. The molecule has 3 aliphatic rings. The van der Waals surface area contributed by atoms with Crippen LogP contribution in [0, 0.1) is 5.92 Å². The molecule has 11 atom stereocenters. The summed E-state index contributed by atoms with van der Waals surface area (Å²) in [6.45, 7) is 2.75. The Balaban J connectivity index is 1.50. The number of guanidine groups is 2. The number of hydrogen-bond acceptors (Lipinski definition) is 20. The molecule has 0 bridgehead atoms. The number of hydrogen-bond donors (Lipinski definition) is 18. The van der Waals surface area contributed by atoms with Crippen molar-refractivity contribution < 1.29 is 67.4 Å². The van der Waals surface area contributed by atoms with Gasteiger partial charge >= 0.3 is 0 Å². The summed E-state index contributed by atoms with van der Waals surface area (Å²) in [5.41, 5.74) is 45.1. The Morgan fingerprint density at radius 1 is 0.592 bits per heavy atom. The number of aliphatic hydroxyl groups is 1. The molecule has 548 valence electrons. The highest BCUT2D eigenvalue weighted by Gasteiger charge is 2.42. The monoisotopic (exact) mass is 1400 g/mol. The number of aliphatic imine (C=N–C) groups is 2. The fraction of sp³-hybridized carbons (Fsp3) is 0.700. The van der Waals surface area contributed by atoms with Crippen LogP contribution in [0.25, 0.3) is 0 Å². The van der Waals surface area contributed by atoms with E-state index in [0.29, 0.717) is 56.5 Å². The number of aliphatic hydroxyl groups excluding tert-OH is 1. The molecule has 3 saturated heterocycles. The first kappa shape index (κ1) is 81.5. The number of carbonyl (C=O) groups excluding carboxylic acids is 13. The van der Waals surface area contributed by atoms with Crippen molar-refractivity contribution in [3.8, 4) is 0 Å². The Kier molecular flexibility index (Phi) is 35.0. The highest BCUT2D eigenvalue weighted by Crippen LogP contribution is 2.24. The molecule has 4 rings (SSSR count). The molecule has 4 heterocycles. The van der Waals surface area contributed by atoms with E-state index in [1.54, 1.807) is 13.8 Å². The lowest BCUT2D eigenvalue weighted by Crippen LogP contribution is -2.61. The van der Waals surface area contributed by atoms with Crippen LogP contribution in [-0.2, 0) is 68.7 Å². The zero-order chi connectivity index (χ0) is 72.6. The molecule has 98 heavy (non-hydrogen) atoms. The number of imidazole rings is 1. The summed E-state index contributed by atoms with van der Waals surface area (Å²) in [5, 5.41) is 31.7. The molecular weight excluding hydrogens is 1300 g/mol. The number of rotatable bonds is 43. The van der Waals surface area contributed by atoms with Gasteiger partial charge in [-0.3, -0.25) is 72.3 Å². The summed E-state index contributed by atoms with van der Waals surface area (Å²) in [6.07, 6.45) is 7.37. The smallest absolute Gasteiger partial charge is 0.245 e. The quantitative estimate of drug-likeness (QED) is 0.0164. The predicted octanol–water partition coefficient (Wildman–Crippen LogP) is -7.46. The van der Waals surface area contributed by atoms with E-state index in [1.807, 2.05) is 6.26 Å². The third kappa shape index (κ3) is 26.8. The summed E-state index contributed by atoms with van der Waals surface area (Å²) in [7, 11) is 0. The first-order valence-electron chi connectivity index (χ1n) is 33.1. The van der Waals surface area contributed by atoms with Gasteiger partial charge in [0.15, 0.2) is 11.9 Å². The van der Waals surface area contributed by atoms with Crippen molar-refractivity contribution in [3.05, 3.63) is 18.2 Å². The number of unbranched alkanes of at least 4 members (excludes halogenated alkanes) is 1. The molecule has 0 spiro atoms. The Labute approximate surface area is 573 Å². The number of aromatic nitrogens is 2. The molecule has 26 N–H and O–H groups in total. The van der Waals surface area contributed by atoms with E-state index in [0.717, 1.165) is 0 Å². The molecule has 13 amide bonds. The summed E-state index contributed by atoms with van der Waals surface area (Å²) < 4.78 is 0. The molecule has 0 radical (unpaired) electrons. The van der Waals surface area contributed by atoms with Crippen molar-refractivity contribution in [2.75, 3.05) is 64.4 Å². The molecule has 0 unspecified atom stereocenters. The molecular formula is C60H103N23O14S. The predicted molar refractivity (Wildman–Crippen MR) is 361 cm³/mol. The van der Waals surface area contributed by atoms with Gasteiger partial charge in [-0.05, 0) is 127 Å². The molecule has 3 fully saturated rings. The Hall–Kier alpha value is -8.91. The fourth-order valence-electron chi connectivity index (χ4n) is 11.6. The zero-order valence-corrected chi connectivity index (χ0v) is 57.0. The van der Waals surface area contributed by atoms with Crippen LogP contribution in [0.2, 0.25) is 0 Å². The average Bonchev–Trinajstić information content (AvgIpc) is 1.63. The highest BCUT2D eigenvalue weighted by molar-refractivity contribution is 7.98. The topological polar surface area (TPSA) is 610 Å². The van der Waals surface area contributed by atoms with E-state index in [1.165, 1.54) is 39.0 Å². The van der Waals surface area contributed by atoms with Crippen molar-refractivity contribution in [2.45, 2.75) is 196 Å². The number of thioether (sulfide) groups is 1. The number of nitrogens with zero attached hydrogens (tertiary/aromatic N) is 6. The molecule has 0 aromatic carbocycles. The van der Waals surface area contributed by atoms with Gasteiger partial charge in [0, 0.05) is 57.5 Å². The van der Waals surface area contributed by atoms with E-state index in [4.69, 9.17) is 45.9 Å². The summed E-state index contributed by atoms with van der Waals surface area (Å²) in [6, 6.07) is -13.8. The first-order chi connectivity index (χ1) is 46.6. The average molecular weight is 1400 g/mol. The van der Waals surface area contributed by atoms with Gasteiger partial charge in [-0.2, -0.15) is 11.8 Å². The second kappa shape index (κ2) is 42.0. The van der Waals surface area contributed by atoms with Crippen LogP contribution >= 0.6 is 11.8 Å². The Bertz CT molecular complexity index is 2930. The maximum Gasteiger partial charge on any atom is 0.245 e. The van der Waals surface area contributed by atoms with Crippen molar-refractivity contribution >= 4 is 100 Å². The van der Waals surface area contributed by atoms with Crippen LogP contribution < -0.4 is 88.4 Å². The van der Waals surface area contributed by atoms with Gasteiger partial charge in [-0.25, -0.2) is 4.98 Å². The number of amides is 13. The van der Waals surface area contributed by atoms with Crippen LogP contribution in [0.5, 0.6) is 0 Å². The summed E-state index contributed by atoms with van der Waals surface area (Å²) >= 11 is 1.46. The van der Waals surface area contributed by atoms with Crippen LogP contribution in [-0.4, -0.2) is 249 Å². The van der Waals surface area contributed by atoms with Crippen LogP contribution in [0.4, 0.5) is 0 Å². The summed E-state index contributed by atoms with van der Waals surface area (Å²) in [4.78, 5) is 197. The van der Waals surface area contributed by atoms with Gasteiger partial charge in [0.25, 0.3) is 0 Å². The SMILES string of the molecule is CSCC[C@H](NC(=O)[C@@H]1CCCN1C(=O)CNC(=O)[C@H](CCCCN)NC(=O)[C@H](Cc1cnc[nH]1)NC(=O)[C@H](CO)NC(=O)[C@H](CC(C)C)NC(=O)[C@H](CCCN=C(N)N)NC(=O)[C@@H]1CCCN1C(=O)[C@H](CCCN=C(N)N)NC(=O)[C@@H](N)CCC(N)=O)C(=O)N1CCC[C@H]1C(N)=O. The number of nitrogens with two attached hydrogens (primary N) is 8. The third-order valence-electron chi connectivity index (χ3n) is 16.7. The van der Waals surface area contributed by atoms with Crippen molar-refractivity contribution in [1.82, 2.24) is 67.2 Å². The lowest BCUT2D eigenvalue weighted by molar-refractivity contribution is -0.143. The Morgan fingerprint density at radius 2 is 1.07 bits per heavy atom. The number of likely N-dealkylation sites (tertiary alicyclic amines) is 3. The Morgan fingerprint density at radius 3 is 1.62 bits per heavy atom. The molecule has 1 aromatic rings. The second-order valence-electron chi connectivity index (χ2n) is 24.8. The van der Waals surface area contributed by atoms with E-state index in [-0.39, 0.29) is 128 Å². The maximum atomic E-state index is 14.4. The zero-order valence-electron chi connectivity index (χ0n) is 56.1. The number of aromatic amines is 1. The van der Waals surface area contributed by atoms with E-state index < -0.39 is 156 Å². The van der Waals surface area contributed by atoms with Crippen molar-refractivity contribution in [3.63, 3.8) is 0 Å². The minimum Gasteiger partial charge on any atom is -0.394 e. The maximum absolute atomic E-state index is 14.4. The van der Waals surface area contributed by atoms with Gasteiger partial charge < -0.3 is 113 Å². The van der Waals surface area contributed by atoms with E-state index in [2.05, 4.69) is 62.5 Å². The molecule has 37 nitrogen and oxygen atoms in total. The minimum atomic E-state index is -1.76. The van der Waals surface area contributed by atoms with Crippen molar-refractivity contribution in [2.24, 2.45) is 61.8 Å². The van der Waals surface area contributed by atoms with Gasteiger partial charge in [0.2, 0.25) is 76.8 Å². The molecule has 38 heteroatoms. The molecule has 0 aliphatic carbocycles. The number of primary amides is 2. The molecule has 0 saturated carbocycles. The summed E-state index contributed by atoms with van der Waals surface area (Å²) in [5.74, 6) is -9.97.